The minimum atomic E-state index is -0.330. The molecule has 0 amide bonds. The average molecular weight is 285 g/mol. The molecule has 3 heteroatoms. The van der Waals surface area contributed by atoms with Gasteiger partial charge in [0.2, 0.25) is 0 Å². The third kappa shape index (κ3) is 3.81. The Bertz CT molecular complexity index is 577. The molecule has 21 heavy (non-hydrogen) atoms. The fourth-order valence-electron chi connectivity index (χ4n) is 2.26. The molecule has 0 aliphatic carbocycles. The van der Waals surface area contributed by atoms with Crippen molar-refractivity contribution in [3.63, 3.8) is 0 Å². The van der Waals surface area contributed by atoms with E-state index in [0.717, 1.165) is 11.3 Å². The standard InChI is InChI=1S/C18H23NO2/c1-12(2)16-15(13-9-7-6-8-10-13)19-14(17(20)21-16)11-18(3,4)5/h6-12,16H,1-5H3/b14-11-/t16-/m0/s1. The number of ether oxygens (including phenoxy) is 1. The zero-order chi connectivity index (χ0) is 15.6. The second-order valence-electron chi connectivity index (χ2n) is 6.83. The molecule has 1 aromatic carbocycles. The number of rotatable bonds is 2. The van der Waals surface area contributed by atoms with Crippen molar-refractivity contribution in [3.8, 4) is 0 Å². The summed E-state index contributed by atoms with van der Waals surface area (Å²) in [4.78, 5) is 16.8. The first kappa shape index (κ1) is 15.5. The van der Waals surface area contributed by atoms with Crippen molar-refractivity contribution >= 4 is 11.7 Å². The predicted octanol–water partition coefficient (Wildman–Crippen LogP) is 3.99. The van der Waals surface area contributed by atoms with Gasteiger partial charge in [0.05, 0.1) is 5.71 Å². The number of esters is 1. The lowest BCUT2D eigenvalue weighted by Gasteiger charge is -2.28. The van der Waals surface area contributed by atoms with Crippen LogP contribution < -0.4 is 0 Å². The summed E-state index contributed by atoms with van der Waals surface area (Å²) in [6.07, 6.45) is 1.58. The molecule has 3 nitrogen and oxygen atoms in total. The summed E-state index contributed by atoms with van der Waals surface area (Å²) >= 11 is 0. The molecule has 0 saturated carbocycles. The molecule has 0 radical (unpaired) electrons. The van der Waals surface area contributed by atoms with Crippen molar-refractivity contribution in [1.82, 2.24) is 0 Å². The maximum atomic E-state index is 12.2. The largest absolute Gasteiger partial charge is 0.451 e. The first-order chi connectivity index (χ1) is 9.78. The summed E-state index contributed by atoms with van der Waals surface area (Å²) in [5.74, 6) is -0.146. The van der Waals surface area contributed by atoms with Crippen molar-refractivity contribution in [2.24, 2.45) is 16.3 Å². The van der Waals surface area contributed by atoms with Gasteiger partial charge in [0.15, 0.2) is 0 Å². The van der Waals surface area contributed by atoms with Gasteiger partial charge in [-0.3, -0.25) is 0 Å². The van der Waals surface area contributed by atoms with Gasteiger partial charge in [-0.2, -0.15) is 0 Å². The van der Waals surface area contributed by atoms with Crippen molar-refractivity contribution < 1.29 is 9.53 Å². The number of cyclic esters (lactones) is 1. The van der Waals surface area contributed by atoms with E-state index in [4.69, 9.17) is 4.74 Å². The highest BCUT2D eigenvalue weighted by molar-refractivity contribution is 6.10. The number of carbonyl (C=O) groups is 1. The van der Waals surface area contributed by atoms with Crippen LogP contribution in [0.15, 0.2) is 47.1 Å². The van der Waals surface area contributed by atoms with E-state index >= 15 is 0 Å². The van der Waals surface area contributed by atoms with E-state index in [1.807, 2.05) is 71.0 Å². The highest BCUT2D eigenvalue weighted by Gasteiger charge is 2.32. The molecular weight excluding hydrogens is 262 g/mol. The Morgan fingerprint density at radius 1 is 1.19 bits per heavy atom. The van der Waals surface area contributed by atoms with Gasteiger partial charge in [0.25, 0.3) is 0 Å². The second kappa shape index (κ2) is 5.84. The molecule has 0 saturated heterocycles. The van der Waals surface area contributed by atoms with Crippen LogP contribution in [0.3, 0.4) is 0 Å². The predicted molar refractivity (Wildman–Crippen MR) is 85.2 cm³/mol. The molecule has 112 valence electrons. The van der Waals surface area contributed by atoms with Gasteiger partial charge in [-0.1, -0.05) is 65.0 Å². The van der Waals surface area contributed by atoms with E-state index in [2.05, 4.69) is 4.99 Å². The molecule has 1 aliphatic heterocycles. The zero-order valence-electron chi connectivity index (χ0n) is 13.4. The molecule has 0 bridgehead atoms. The molecule has 1 atom stereocenters. The third-order valence-corrected chi connectivity index (χ3v) is 3.20. The van der Waals surface area contributed by atoms with Crippen LogP contribution >= 0.6 is 0 Å². The summed E-state index contributed by atoms with van der Waals surface area (Å²) in [5, 5.41) is 0. The van der Waals surface area contributed by atoms with Gasteiger partial charge in [-0.15, -0.1) is 0 Å². The van der Waals surface area contributed by atoms with E-state index in [1.165, 1.54) is 0 Å². The Morgan fingerprint density at radius 2 is 1.81 bits per heavy atom. The van der Waals surface area contributed by atoms with Crippen LogP contribution in [0, 0.1) is 11.3 Å². The Kier molecular flexibility index (Phi) is 4.31. The van der Waals surface area contributed by atoms with Crippen LogP contribution in [0.2, 0.25) is 0 Å². The number of nitrogens with zero attached hydrogens (tertiary/aromatic N) is 1. The zero-order valence-corrected chi connectivity index (χ0v) is 13.4. The Morgan fingerprint density at radius 3 is 2.33 bits per heavy atom. The van der Waals surface area contributed by atoms with Gasteiger partial charge < -0.3 is 4.74 Å². The van der Waals surface area contributed by atoms with Crippen molar-refractivity contribution in [2.75, 3.05) is 0 Å². The summed E-state index contributed by atoms with van der Waals surface area (Å²) < 4.78 is 5.64. The van der Waals surface area contributed by atoms with Crippen LogP contribution in [0.1, 0.15) is 40.2 Å². The Hall–Kier alpha value is -1.90. The van der Waals surface area contributed by atoms with Crippen LogP contribution in [0.5, 0.6) is 0 Å². The maximum absolute atomic E-state index is 12.2. The van der Waals surface area contributed by atoms with E-state index in [0.29, 0.717) is 5.70 Å². The average Bonchev–Trinajstić information content (AvgIpc) is 2.40. The van der Waals surface area contributed by atoms with Crippen molar-refractivity contribution in [1.29, 1.82) is 0 Å². The molecule has 1 aromatic rings. The number of hydrogen-bond donors (Lipinski definition) is 0. The number of aliphatic imine (C=N–C) groups is 1. The van der Waals surface area contributed by atoms with Crippen LogP contribution in [-0.4, -0.2) is 17.8 Å². The van der Waals surface area contributed by atoms with Crippen LogP contribution in [0.4, 0.5) is 0 Å². The smallest absolute Gasteiger partial charge is 0.357 e. The summed E-state index contributed by atoms with van der Waals surface area (Å²) in [7, 11) is 0. The molecule has 1 heterocycles. The Balaban J connectivity index is 2.52. The van der Waals surface area contributed by atoms with E-state index in [-0.39, 0.29) is 23.4 Å². The molecule has 0 aromatic heterocycles. The van der Waals surface area contributed by atoms with Crippen LogP contribution in [-0.2, 0) is 9.53 Å². The molecule has 2 rings (SSSR count). The fourth-order valence-corrected chi connectivity index (χ4v) is 2.26. The molecule has 1 aliphatic rings. The minimum absolute atomic E-state index is 0.121. The first-order valence-electron chi connectivity index (χ1n) is 7.36. The molecule has 0 fully saturated rings. The Labute approximate surface area is 126 Å². The van der Waals surface area contributed by atoms with Gasteiger partial charge in [-0.25, -0.2) is 9.79 Å². The van der Waals surface area contributed by atoms with Crippen LogP contribution in [0.25, 0.3) is 0 Å². The van der Waals surface area contributed by atoms with Gasteiger partial charge in [-0.05, 0) is 23.0 Å². The number of benzene rings is 1. The number of hydrogen-bond acceptors (Lipinski definition) is 3. The summed E-state index contributed by atoms with van der Waals surface area (Å²) in [6, 6.07) is 9.91. The SMILES string of the molecule is CC(C)[C@@H]1OC(=O)/C(=C/C(C)(C)C)N=C1c1ccccc1. The third-order valence-electron chi connectivity index (χ3n) is 3.20. The molecular formula is C18H23NO2. The van der Waals surface area contributed by atoms with E-state index in [9.17, 15) is 4.79 Å². The van der Waals surface area contributed by atoms with Gasteiger partial charge in [0.1, 0.15) is 11.8 Å². The second-order valence-corrected chi connectivity index (χ2v) is 6.83. The quantitative estimate of drug-likeness (QED) is 0.609. The van der Waals surface area contributed by atoms with Crippen molar-refractivity contribution in [2.45, 2.75) is 40.7 Å². The minimum Gasteiger partial charge on any atom is -0.451 e. The lowest BCUT2D eigenvalue weighted by atomic mass is 9.93. The molecule has 0 spiro atoms. The van der Waals surface area contributed by atoms with Gasteiger partial charge in [0, 0.05) is 0 Å². The van der Waals surface area contributed by atoms with E-state index < -0.39 is 0 Å². The fraction of sp³-hybridized carbons (Fsp3) is 0.444. The molecule has 0 unspecified atom stereocenters. The summed E-state index contributed by atoms with van der Waals surface area (Å²) in [5.41, 5.74) is 2.12. The molecule has 0 N–H and O–H groups in total. The first-order valence-corrected chi connectivity index (χ1v) is 7.36. The lowest BCUT2D eigenvalue weighted by molar-refractivity contribution is -0.143. The monoisotopic (exact) mass is 285 g/mol. The normalized spacial score (nSPS) is 21.4. The van der Waals surface area contributed by atoms with Gasteiger partial charge >= 0.3 is 5.97 Å². The highest BCUT2D eigenvalue weighted by Crippen LogP contribution is 2.26. The summed E-state index contributed by atoms with van der Waals surface area (Å²) in [6.45, 7) is 10.2. The van der Waals surface area contributed by atoms with Crippen molar-refractivity contribution in [3.05, 3.63) is 47.7 Å². The topological polar surface area (TPSA) is 38.7 Å². The number of carbonyl (C=O) groups excluding carboxylic acids is 1. The lowest BCUT2D eigenvalue weighted by Crippen LogP contribution is -2.37. The highest BCUT2D eigenvalue weighted by atomic mass is 16.5. The maximum Gasteiger partial charge on any atom is 0.357 e. The number of allylic oxidation sites excluding steroid dienone is 1. The van der Waals surface area contributed by atoms with E-state index in [1.54, 1.807) is 0 Å².